The van der Waals surface area contributed by atoms with Crippen LogP contribution >= 0.6 is 35.0 Å². The zero-order valence-electron chi connectivity index (χ0n) is 11.3. The summed E-state index contributed by atoms with van der Waals surface area (Å²) in [5.41, 5.74) is 0.425. The van der Waals surface area contributed by atoms with Crippen molar-refractivity contribution in [2.24, 2.45) is 0 Å². The molecule has 0 saturated carbocycles. The second kappa shape index (κ2) is 7.73. The van der Waals surface area contributed by atoms with E-state index in [-0.39, 0.29) is 10.6 Å². The maximum atomic E-state index is 11.8. The molecule has 4 nitrogen and oxygen atoms in total. The van der Waals surface area contributed by atoms with Crippen molar-refractivity contribution in [2.45, 2.75) is 17.7 Å². The predicted octanol–water partition coefficient (Wildman–Crippen LogP) is 4.90. The number of hydrogen-bond donors (Lipinski definition) is 0. The monoisotopic (exact) mass is 344 g/mol. The molecule has 112 valence electrons. The SMILES string of the molecule is CCOC(=O)SC(c1ccc(Cl)cc1)C(Cl)n1ccnc1. The summed E-state index contributed by atoms with van der Waals surface area (Å²) in [6.07, 6.45) is 5.02. The molecule has 0 amide bonds. The van der Waals surface area contributed by atoms with Crippen molar-refractivity contribution in [2.75, 3.05) is 6.61 Å². The lowest BCUT2D eigenvalue weighted by Crippen LogP contribution is -2.12. The van der Waals surface area contributed by atoms with Crippen molar-refractivity contribution in [1.29, 1.82) is 0 Å². The molecule has 0 aliphatic rings. The number of carbonyl (C=O) groups excluding carboxylic acids is 1. The van der Waals surface area contributed by atoms with Crippen molar-refractivity contribution in [3.05, 3.63) is 53.6 Å². The molecule has 0 saturated heterocycles. The van der Waals surface area contributed by atoms with Crippen LogP contribution in [-0.4, -0.2) is 21.5 Å². The Labute approximate surface area is 137 Å². The van der Waals surface area contributed by atoms with Crippen LogP contribution in [0.3, 0.4) is 0 Å². The van der Waals surface area contributed by atoms with Crippen LogP contribution in [0.1, 0.15) is 23.2 Å². The van der Waals surface area contributed by atoms with E-state index in [1.165, 1.54) is 0 Å². The Balaban J connectivity index is 2.25. The summed E-state index contributed by atoms with van der Waals surface area (Å²) in [5.74, 6) is 0. The number of imidazole rings is 1. The van der Waals surface area contributed by atoms with Crippen LogP contribution in [0.5, 0.6) is 0 Å². The summed E-state index contributed by atoms with van der Waals surface area (Å²) in [4.78, 5) is 15.8. The van der Waals surface area contributed by atoms with Gasteiger partial charge in [-0.1, -0.05) is 35.3 Å². The highest BCUT2D eigenvalue weighted by Gasteiger charge is 2.27. The summed E-state index contributed by atoms with van der Waals surface area (Å²) in [7, 11) is 0. The average molecular weight is 345 g/mol. The summed E-state index contributed by atoms with van der Waals surface area (Å²) < 4.78 is 6.74. The first-order valence-corrected chi connectivity index (χ1v) is 8.01. The first-order chi connectivity index (χ1) is 10.1. The highest BCUT2D eigenvalue weighted by molar-refractivity contribution is 8.13. The number of alkyl halides is 1. The molecular formula is C14H14Cl2N2O2S. The molecule has 2 unspecified atom stereocenters. The van der Waals surface area contributed by atoms with Crippen molar-refractivity contribution in [3.63, 3.8) is 0 Å². The quantitative estimate of drug-likeness (QED) is 0.571. The molecule has 1 aromatic heterocycles. The van der Waals surface area contributed by atoms with Gasteiger partial charge in [0.1, 0.15) is 5.50 Å². The van der Waals surface area contributed by atoms with Gasteiger partial charge in [0.15, 0.2) is 0 Å². The van der Waals surface area contributed by atoms with E-state index in [0.29, 0.717) is 11.6 Å². The van der Waals surface area contributed by atoms with E-state index in [9.17, 15) is 4.79 Å². The number of hydrogen-bond acceptors (Lipinski definition) is 4. The maximum Gasteiger partial charge on any atom is 0.368 e. The van der Waals surface area contributed by atoms with E-state index in [1.54, 1.807) is 42.3 Å². The number of halogens is 2. The number of carbonyl (C=O) groups is 1. The summed E-state index contributed by atoms with van der Waals surface area (Å²) in [6, 6.07) is 7.25. The zero-order chi connectivity index (χ0) is 15.2. The van der Waals surface area contributed by atoms with Gasteiger partial charge in [-0.05, 0) is 36.4 Å². The van der Waals surface area contributed by atoms with E-state index < -0.39 is 5.50 Å². The van der Waals surface area contributed by atoms with Crippen molar-refractivity contribution < 1.29 is 9.53 Å². The van der Waals surface area contributed by atoms with Gasteiger partial charge < -0.3 is 9.30 Å². The molecule has 2 aromatic rings. The second-order valence-corrected chi connectivity index (χ2v) is 6.12. The predicted molar refractivity (Wildman–Crippen MR) is 85.9 cm³/mol. The second-order valence-electron chi connectivity index (χ2n) is 4.16. The Hall–Kier alpha value is -1.17. The molecule has 0 N–H and O–H groups in total. The number of nitrogens with zero attached hydrogens (tertiary/aromatic N) is 2. The number of ether oxygens (including phenoxy) is 1. The van der Waals surface area contributed by atoms with Gasteiger partial charge in [-0.3, -0.25) is 0 Å². The third-order valence-electron chi connectivity index (χ3n) is 2.74. The van der Waals surface area contributed by atoms with Crippen LogP contribution < -0.4 is 0 Å². The molecule has 0 bridgehead atoms. The Morgan fingerprint density at radius 3 is 2.71 bits per heavy atom. The van der Waals surface area contributed by atoms with Crippen LogP contribution in [0.15, 0.2) is 43.0 Å². The molecule has 2 atom stereocenters. The molecule has 21 heavy (non-hydrogen) atoms. The van der Waals surface area contributed by atoms with E-state index in [1.807, 2.05) is 12.1 Å². The topological polar surface area (TPSA) is 44.1 Å². The summed E-state index contributed by atoms with van der Waals surface area (Å²) in [5, 5.41) is -0.0345. The van der Waals surface area contributed by atoms with Gasteiger partial charge in [-0.2, -0.15) is 0 Å². The molecule has 2 rings (SSSR count). The lowest BCUT2D eigenvalue weighted by molar-refractivity contribution is 0.181. The largest absolute Gasteiger partial charge is 0.458 e. The standard InChI is InChI=1S/C14H14Cl2N2O2S/c1-2-20-14(19)21-12(10-3-5-11(15)6-4-10)13(16)18-8-7-17-9-18/h3-9,12-13H,2H2,1H3. The Kier molecular flexibility index (Phi) is 5.96. The minimum atomic E-state index is -0.469. The van der Waals surface area contributed by atoms with Crippen LogP contribution in [-0.2, 0) is 4.74 Å². The molecule has 1 aromatic carbocycles. The van der Waals surface area contributed by atoms with Crippen LogP contribution in [0.4, 0.5) is 4.79 Å². The van der Waals surface area contributed by atoms with Gasteiger partial charge in [0.25, 0.3) is 0 Å². The molecule has 0 aliphatic heterocycles. The number of benzene rings is 1. The molecule has 7 heteroatoms. The van der Waals surface area contributed by atoms with Gasteiger partial charge in [-0.25, -0.2) is 9.78 Å². The van der Waals surface area contributed by atoms with Crippen molar-refractivity contribution in [1.82, 2.24) is 9.55 Å². The van der Waals surface area contributed by atoms with Crippen LogP contribution in [0.2, 0.25) is 5.02 Å². The third-order valence-corrected chi connectivity index (χ3v) is 4.72. The fourth-order valence-corrected chi connectivity index (χ4v) is 3.24. The van der Waals surface area contributed by atoms with Gasteiger partial charge in [-0.15, -0.1) is 0 Å². The molecule has 0 fully saturated rings. The van der Waals surface area contributed by atoms with E-state index >= 15 is 0 Å². The van der Waals surface area contributed by atoms with E-state index in [2.05, 4.69) is 4.98 Å². The van der Waals surface area contributed by atoms with Crippen molar-refractivity contribution in [3.8, 4) is 0 Å². The molecule has 0 spiro atoms. The number of aromatic nitrogens is 2. The maximum absolute atomic E-state index is 11.8. The highest BCUT2D eigenvalue weighted by atomic mass is 35.5. The lowest BCUT2D eigenvalue weighted by Gasteiger charge is -2.22. The first kappa shape index (κ1) is 16.2. The van der Waals surface area contributed by atoms with Gasteiger partial charge in [0, 0.05) is 17.4 Å². The minimum Gasteiger partial charge on any atom is -0.458 e. The molecule has 0 aliphatic carbocycles. The summed E-state index contributed by atoms with van der Waals surface area (Å²) in [6.45, 7) is 2.10. The molecular weight excluding hydrogens is 331 g/mol. The fourth-order valence-electron chi connectivity index (χ4n) is 1.76. The smallest absolute Gasteiger partial charge is 0.368 e. The van der Waals surface area contributed by atoms with Gasteiger partial charge >= 0.3 is 5.30 Å². The van der Waals surface area contributed by atoms with Gasteiger partial charge in [0.05, 0.1) is 18.2 Å². The van der Waals surface area contributed by atoms with Crippen LogP contribution in [0, 0.1) is 0 Å². The van der Waals surface area contributed by atoms with E-state index in [4.69, 9.17) is 27.9 Å². The average Bonchev–Trinajstić information content (AvgIpc) is 3.00. The minimum absolute atomic E-state index is 0.308. The van der Waals surface area contributed by atoms with Gasteiger partial charge in [0.2, 0.25) is 0 Å². The first-order valence-electron chi connectivity index (χ1n) is 6.32. The Morgan fingerprint density at radius 2 is 2.14 bits per heavy atom. The fraction of sp³-hybridized carbons (Fsp3) is 0.286. The molecule has 0 radical (unpaired) electrons. The Morgan fingerprint density at radius 1 is 1.43 bits per heavy atom. The Bertz CT molecular complexity index is 575. The van der Waals surface area contributed by atoms with Crippen LogP contribution in [0.25, 0.3) is 0 Å². The lowest BCUT2D eigenvalue weighted by atomic mass is 10.1. The summed E-state index contributed by atoms with van der Waals surface area (Å²) >= 11 is 13.4. The van der Waals surface area contributed by atoms with E-state index in [0.717, 1.165) is 17.3 Å². The van der Waals surface area contributed by atoms with Crippen molar-refractivity contribution >= 4 is 40.3 Å². The third kappa shape index (κ3) is 4.40. The number of rotatable bonds is 5. The normalized spacial score (nSPS) is 13.7. The molecule has 1 heterocycles. The zero-order valence-corrected chi connectivity index (χ0v) is 13.6. The highest BCUT2D eigenvalue weighted by Crippen LogP contribution is 2.42. The number of thioether (sulfide) groups is 1.